The van der Waals surface area contributed by atoms with E-state index in [4.69, 9.17) is 4.74 Å². The molecule has 0 unspecified atom stereocenters. The molecule has 0 radical (unpaired) electrons. The third kappa shape index (κ3) is 4.54. The molecule has 1 aromatic carbocycles. The number of unbranched alkanes of at least 4 members (excludes halogenated alkanes) is 1. The van der Waals surface area contributed by atoms with Crippen molar-refractivity contribution in [2.24, 2.45) is 0 Å². The van der Waals surface area contributed by atoms with Gasteiger partial charge in [-0.05, 0) is 18.6 Å². The molecule has 0 bridgehead atoms. The van der Waals surface area contributed by atoms with Crippen molar-refractivity contribution in [1.82, 2.24) is 0 Å². The molecule has 15 heavy (non-hydrogen) atoms. The molecule has 0 saturated carbocycles. The Kier molecular flexibility index (Phi) is 5.38. The molecular weight excluding hydrogens is 186 g/mol. The minimum absolute atomic E-state index is 0.646. The van der Waals surface area contributed by atoms with Crippen molar-refractivity contribution < 1.29 is 4.74 Å². The van der Waals surface area contributed by atoms with E-state index in [-0.39, 0.29) is 0 Å². The molecule has 0 aromatic heterocycles. The van der Waals surface area contributed by atoms with Crippen molar-refractivity contribution in [1.29, 1.82) is 0 Å². The predicted octanol–water partition coefficient (Wildman–Crippen LogP) is 3.46. The van der Waals surface area contributed by atoms with Crippen LogP contribution >= 0.6 is 0 Å². The predicted molar refractivity (Wildman–Crippen MR) is 65.5 cm³/mol. The van der Waals surface area contributed by atoms with Crippen molar-refractivity contribution in [3.8, 4) is 5.75 Å². The van der Waals surface area contributed by atoms with Crippen LogP contribution < -0.4 is 10.1 Å². The average molecular weight is 205 g/mol. The van der Waals surface area contributed by atoms with Crippen LogP contribution in [0.2, 0.25) is 0 Å². The second-order valence-electron chi connectivity index (χ2n) is 3.35. The fourth-order valence-corrected chi connectivity index (χ4v) is 1.24. The highest BCUT2D eigenvalue weighted by Gasteiger charge is 1.92. The summed E-state index contributed by atoms with van der Waals surface area (Å²) in [6, 6.07) is 7.96. The van der Waals surface area contributed by atoms with Gasteiger partial charge in [0.05, 0.1) is 0 Å². The Hall–Kier alpha value is -1.44. The van der Waals surface area contributed by atoms with Gasteiger partial charge >= 0.3 is 0 Å². The first-order valence-corrected chi connectivity index (χ1v) is 5.42. The molecule has 2 heteroatoms. The zero-order chi connectivity index (χ0) is 10.9. The lowest BCUT2D eigenvalue weighted by Crippen LogP contribution is -1.94. The summed E-state index contributed by atoms with van der Waals surface area (Å²) in [5.41, 5.74) is 1.07. The van der Waals surface area contributed by atoms with Crippen molar-refractivity contribution in [2.75, 3.05) is 19.0 Å². The van der Waals surface area contributed by atoms with Crippen LogP contribution in [0.15, 0.2) is 36.4 Å². The molecule has 82 valence electrons. The van der Waals surface area contributed by atoms with E-state index in [1.165, 1.54) is 6.42 Å². The Morgan fingerprint density at radius 3 is 2.93 bits per heavy atom. The van der Waals surface area contributed by atoms with Crippen LogP contribution in [0.1, 0.15) is 19.8 Å². The smallest absolute Gasteiger partial charge is 0.121 e. The summed E-state index contributed by atoms with van der Waals surface area (Å²) in [5.74, 6) is 0.906. The quantitative estimate of drug-likeness (QED) is 0.718. The van der Waals surface area contributed by atoms with Crippen molar-refractivity contribution in [3.05, 3.63) is 36.4 Å². The number of nitrogens with one attached hydrogen (secondary N) is 1. The van der Waals surface area contributed by atoms with Gasteiger partial charge in [-0.1, -0.05) is 31.6 Å². The van der Waals surface area contributed by atoms with Crippen LogP contribution in [0.3, 0.4) is 0 Å². The molecule has 1 rings (SSSR count). The summed E-state index contributed by atoms with van der Waals surface area (Å²) < 4.78 is 5.57. The molecule has 0 amide bonds. The van der Waals surface area contributed by atoms with E-state index in [0.29, 0.717) is 6.61 Å². The summed E-state index contributed by atoms with van der Waals surface area (Å²) in [7, 11) is 1.90. The van der Waals surface area contributed by atoms with Crippen LogP contribution in [0.25, 0.3) is 0 Å². The van der Waals surface area contributed by atoms with Crippen molar-refractivity contribution in [3.63, 3.8) is 0 Å². The molecule has 1 aromatic rings. The average Bonchev–Trinajstić information content (AvgIpc) is 2.29. The van der Waals surface area contributed by atoms with Crippen LogP contribution in [0.5, 0.6) is 5.75 Å². The lowest BCUT2D eigenvalue weighted by Gasteiger charge is -2.05. The summed E-state index contributed by atoms with van der Waals surface area (Å²) in [5, 5.41) is 3.08. The summed E-state index contributed by atoms with van der Waals surface area (Å²) in [6.45, 7) is 2.81. The molecule has 0 aliphatic carbocycles. The first-order valence-electron chi connectivity index (χ1n) is 5.42. The number of anilines is 1. The summed E-state index contributed by atoms with van der Waals surface area (Å²) >= 11 is 0. The second kappa shape index (κ2) is 6.93. The standard InChI is InChI=1S/C13H19NO/c1-3-4-5-6-10-15-13-9-7-8-12(11-13)14-2/h5-9,11,14H,3-4,10H2,1-2H3. The van der Waals surface area contributed by atoms with Crippen molar-refractivity contribution >= 4 is 5.69 Å². The lowest BCUT2D eigenvalue weighted by atomic mass is 10.3. The Bertz CT molecular complexity index is 307. The highest BCUT2D eigenvalue weighted by atomic mass is 16.5. The Morgan fingerprint density at radius 2 is 2.20 bits per heavy atom. The summed E-state index contributed by atoms with van der Waals surface area (Å²) in [6.07, 6.45) is 6.53. The highest BCUT2D eigenvalue weighted by Crippen LogP contribution is 2.16. The van der Waals surface area contributed by atoms with Gasteiger partial charge in [0.25, 0.3) is 0 Å². The van der Waals surface area contributed by atoms with Crippen LogP contribution in [0, 0.1) is 0 Å². The molecule has 0 aliphatic heterocycles. The van der Waals surface area contributed by atoms with E-state index in [1.807, 2.05) is 31.3 Å². The molecule has 0 saturated heterocycles. The maximum absolute atomic E-state index is 5.57. The van der Waals surface area contributed by atoms with Gasteiger partial charge in [0.15, 0.2) is 0 Å². The van der Waals surface area contributed by atoms with Crippen LogP contribution in [-0.4, -0.2) is 13.7 Å². The number of rotatable bonds is 6. The van der Waals surface area contributed by atoms with Crippen LogP contribution in [0.4, 0.5) is 5.69 Å². The van der Waals surface area contributed by atoms with E-state index >= 15 is 0 Å². The van der Waals surface area contributed by atoms with Gasteiger partial charge < -0.3 is 10.1 Å². The van der Waals surface area contributed by atoms with Gasteiger partial charge in [-0.3, -0.25) is 0 Å². The number of allylic oxidation sites excluding steroid dienone is 1. The van der Waals surface area contributed by atoms with Gasteiger partial charge in [0, 0.05) is 18.8 Å². The first kappa shape index (κ1) is 11.6. The largest absolute Gasteiger partial charge is 0.489 e. The van der Waals surface area contributed by atoms with Gasteiger partial charge in [-0.2, -0.15) is 0 Å². The zero-order valence-electron chi connectivity index (χ0n) is 9.49. The Morgan fingerprint density at radius 1 is 1.33 bits per heavy atom. The minimum Gasteiger partial charge on any atom is -0.489 e. The Labute approximate surface area is 92.0 Å². The number of ether oxygens (including phenoxy) is 1. The normalized spacial score (nSPS) is 10.5. The van der Waals surface area contributed by atoms with Gasteiger partial charge in [0.1, 0.15) is 12.4 Å². The molecule has 1 N–H and O–H groups in total. The zero-order valence-corrected chi connectivity index (χ0v) is 9.49. The van der Waals surface area contributed by atoms with E-state index in [1.54, 1.807) is 0 Å². The van der Waals surface area contributed by atoms with Crippen LogP contribution in [-0.2, 0) is 0 Å². The molecular formula is C13H19NO. The maximum atomic E-state index is 5.57. The van der Waals surface area contributed by atoms with Gasteiger partial charge in [-0.15, -0.1) is 0 Å². The molecule has 0 atom stereocenters. The summed E-state index contributed by atoms with van der Waals surface area (Å²) in [4.78, 5) is 0. The van der Waals surface area contributed by atoms with Gasteiger partial charge in [0.2, 0.25) is 0 Å². The highest BCUT2D eigenvalue weighted by molar-refractivity contribution is 5.47. The fourth-order valence-electron chi connectivity index (χ4n) is 1.24. The number of benzene rings is 1. The molecule has 0 heterocycles. The third-order valence-corrected chi connectivity index (χ3v) is 2.09. The third-order valence-electron chi connectivity index (χ3n) is 2.09. The molecule has 2 nitrogen and oxygen atoms in total. The van der Waals surface area contributed by atoms with E-state index in [2.05, 4.69) is 24.4 Å². The van der Waals surface area contributed by atoms with E-state index < -0.39 is 0 Å². The molecule has 0 aliphatic rings. The maximum Gasteiger partial charge on any atom is 0.121 e. The Balaban J connectivity index is 2.36. The molecule has 0 spiro atoms. The lowest BCUT2D eigenvalue weighted by molar-refractivity contribution is 0.362. The number of hydrogen-bond donors (Lipinski definition) is 1. The minimum atomic E-state index is 0.646. The van der Waals surface area contributed by atoms with Crippen molar-refractivity contribution in [2.45, 2.75) is 19.8 Å². The first-order chi connectivity index (χ1) is 7.36. The van der Waals surface area contributed by atoms with Gasteiger partial charge in [-0.25, -0.2) is 0 Å². The van der Waals surface area contributed by atoms with E-state index in [9.17, 15) is 0 Å². The topological polar surface area (TPSA) is 21.3 Å². The number of hydrogen-bond acceptors (Lipinski definition) is 2. The SMILES string of the molecule is CCCC=CCOc1cccc(NC)c1. The monoisotopic (exact) mass is 205 g/mol. The fraction of sp³-hybridized carbons (Fsp3) is 0.385. The van der Waals surface area contributed by atoms with E-state index in [0.717, 1.165) is 17.9 Å². The second-order valence-corrected chi connectivity index (χ2v) is 3.35. The molecule has 0 fully saturated rings.